The molecule has 0 radical (unpaired) electrons. The number of hydrogen-bond donors (Lipinski definition) is 2. The van der Waals surface area contributed by atoms with Crippen LogP contribution in [0.2, 0.25) is 5.02 Å². The zero-order valence-corrected chi connectivity index (χ0v) is 19.4. The van der Waals surface area contributed by atoms with Crippen molar-refractivity contribution in [3.63, 3.8) is 0 Å². The lowest BCUT2D eigenvalue weighted by Gasteiger charge is -2.20. The van der Waals surface area contributed by atoms with E-state index >= 15 is 0 Å². The van der Waals surface area contributed by atoms with E-state index in [1.54, 1.807) is 35.0 Å². The fourth-order valence-corrected chi connectivity index (χ4v) is 4.54. The third-order valence-corrected chi connectivity index (χ3v) is 6.29. The molecule has 1 heterocycles. The normalized spacial score (nSPS) is 12.0. The van der Waals surface area contributed by atoms with Gasteiger partial charge in [0.1, 0.15) is 11.6 Å². The molecule has 9 heteroatoms. The first-order valence-electron chi connectivity index (χ1n) is 10.8. The fraction of sp³-hybridized carbons (Fsp3) is 0.115. The number of fused-ring (bicyclic) bond motifs is 3. The highest BCUT2D eigenvalue weighted by Crippen LogP contribution is 2.38. The fourth-order valence-electron chi connectivity index (χ4n) is 4.29. The van der Waals surface area contributed by atoms with Gasteiger partial charge in [0.2, 0.25) is 0 Å². The summed E-state index contributed by atoms with van der Waals surface area (Å²) >= 11 is 6.26. The van der Waals surface area contributed by atoms with Crippen molar-refractivity contribution in [1.82, 2.24) is 9.78 Å². The van der Waals surface area contributed by atoms with Crippen LogP contribution in [0.4, 0.5) is 10.1 Å². The Bertz CT molecular complexity index is 1480. The molecule has 1 aliphatic rings. The number of hydrogen-bond acceptors (Lipinski definition) is 4. The van der Waals surface area contributed by atoms with Gasteiger partial charge in [0.25, 0.3) is 11.8 Å². The van der Waals surface area contributed by atoms with Gasteiger partial charge in [-0.3, -0.25) is 9.59 Å². The first-order valence-corrected chi connectivity index (χ1v) is 11.2. The van der Waals surface area contributed by atoms with Gasteiger partial charge >= 0.3 is 0 Å². The molecule has 0 saturated heterocycles. The van der Waals surface area contributed by atoms with E-state index in [0.717, 1.165) is 16.7 Å². The number of anilines is 1. The molecule has 35 heavy (non-hydrogen) atoms. The lowest BCUT2D eigenvalue weighted by Crippen LogP contribution is -2.15. The largest absolute Gasteiger partial charge is 0.497 e. The molecule has 3 N–H and O–H groups in total. The van der Waals surface area contributed by atoms with Gasteiger partial charge in [0.15, 0.2) is 5.69 Å². The molecule has 0 bridgehead atoms. The van der Waals surface area contributed by atoms with Crippen molar-refractivity contribution < 1.29 is 18.7 Å². The van der Waals surface area contributed by atoms with E-state index < -0.39 is 5.91 Å². The summed E-state index contributed by atoms with van der Waals surface area (Å²) in [5.41, 5.74) is 10.5. The number of rotatable bonds is 5. The predicted molar refractivity (Wildman–Crippen MR) is 131 cm³/mol. The Kier molecular flexibility index (Phi) is 5.74. The standard InChI is InChI=1S/C26H20ClFN4O3/c1-35-18-9-11-19(22(27)13-18)26(34)30-16-6-2-14-3-10-20-23(25(29)33)31-32(24(20)21(14)12-16)17-7-4-15(28)5-8-17/h2,4-9,11-13H,3,10H2,1H3,(H2,29,33)(H,30,34). The minimum absolute atomic E-state index is 0.175. The number of aryl methyl sites for hydroxylation is 1. The number of halogens is 2. The number of carbonyl (C=O) groups is 2. The van der Waals surface area contributed by atoms with Gasteiger partial charge in [-0.15, -0.1) is 0 Å². The highest BCUT2D eigenvalue weighted by atomic mass is 35.5. The highest BCUT2D eigenvalue weighted by Gasteiger charge is 2.28. The first kappa shape index (κ1) is 22.6. The summed E-state index contributed by atoms with van der Waals surface area (Å²) in [7, 11) is 1.52. The SMILES string of the molecule is COc1ccc(C(=O)Nc2ccc3c(c2)-c2c(c(C(N)=O)nn2-c2ccc(F)cc2)CC3)c(Cl)c1. The zero-order chi connectivity index (χ0) is 24.7. The van der Waals surface area contributed by atoms with Gasteiger partial charge in [-0.2, -0.15) is 5.10 Å². The van der Waals surface area contributed by atoms with E-state index in [9.17, 15) is 14.0 Å². The van der Waals surface area contributed by atoms with E-state index in [4.69, 9.17) is 22.1 Å². The number of nitrogens with one attached hydrogen (secondary N) is 1. The minimum atomic E-state index is -0.635. The van der Waals surface area contributed by atoms with Crippen LogP contribution in [-0.4, -0.2) is 28.7 Å². The lowest BCUT2D eigenvalue weighted by molar-refractivity contribution is 0.0992. The van der Waals surface area contributed by atoms with Crippen molar-refractivity contribution in [3.8, 4) is 22.7 Å². The van der Waals surface area contributed by atoms with E-state index in [1.807, 2.05) is 18.2 Å². The van der Waals surface area contributed by atoms with Crippen LogP contribution in [-0.2, 0) is 12.8 Å². The van der Waals surface area contributed by atoms with E-state index in [1.165, 1.54) is 19.2 Å². The van der Waals surface area contributed by atoms with Gasteiger partial charge in [-0.1, -0.05) is 17.7 Å². The Morgan fingerprint density at radius 2 is 1.86 bits per heavy atom. The summed E-state index contributed by atoms with van der Waals surface area (Å²) in [5.74, 6) is -0.845. The average Bonchev–Trinajstić information content (AvgIpc) is 3.25. The van der Waals surface area contributed by atoms with Gasteiger partial charge in [0, 0.05) is 16.8 Å². The Balaban J connectivity index is 1.57. The first-order chi connectivity index (χ1) is 16.9. The smallest absolute Gasteiger partial charge is 0.269 e. The number of nitrogens with zero attached hydrogens (tertiary/aromatic N) is 2. The van der Waals surface area contributed by atoms with Gasteiger partial charge < -0.3 is 15.8 Å². The summed E-state index contributed by atoms with van der Waals surface area (Å²) in [5, 5.41) is 7.60. The van der Waals surface area contributed by atoms with Gasteiger partial charge in [-0.25, -0.2) is 9.07 Å². The van der Waals surface area contributed by atoms with Gasteiger partial charge in [0.05, 0.1) is 29.1 Å². The molecule has 2 amide bonds. The van der Waals surface area contributed by atoms with E-state index in [-0.39, 0.29) is 22.4 Å². The maximum Gasteiger partial charge on any atom is 0.269 e. The van der Waals surface area contributed by atoms with Crippen molar-refractivity contribution in [2.75, 3.05) is 12.4 Å². The number of nitrogens with two attached hydrogens (primary N) is 1. The van der Waals surface area contributed by atoms with E-state index in [0.29, 0.717) is 41.2 Å². The van der Waals surface area contributed by atoms with Crippen LogP contribution in [0.15, 0.2) is 60.7 Å². The van der Waals surface area contributed by atoms with Crippen LogP contribution in [0, 0.1) is 5.82 Å². The maximum atomic E-state index is 13.5. The zero-order valence-electron chi connectivity index (χ0n) is 18.6. The van der Waals surface area contributed by atoms with Crippen LogP contribution in [0.3, 0.4) is 0 Å². The molecular weight excluding hydrogens is 471 g/mol. The Morgan fingerprint density at radius 1 is 1.09 bits per heavy atom. The molecule has 0 aliphatic heterocycles. The predicted octanol–water partition coefficient (Wildman–Crippen LogP) is 4.79. The molecule has 0 fully saturated rings. The molecule has 3 aromatic carbocycles. The second kappa shape index (κ2) is 8.88. The third-order valence-electron chi connectivity index (χ3n) is 5.98. The molecule has 5 rings (SSSR count). The quantitative estimate of drug-likeness (QED) is 0.420. The molecule has 0 unspecified atom stereocenters. The van der Waals surface area contributed by atoms with E-state index in [2.05, 4.69) is 10.4 Å². The molecule has 1 aliphatic carbocycles. The van der Waals surface area contributed by atoms with Crippen molar-refractivity contribution in [1.29, 1.82) is 0 Å². The molecule has 7 nitrogen and oxygen atoms in total. The molecule has 0 spiro atoms. The lowest BCUT2D eigenvalue weighted by atomic mass is 9.88. The average molecular weight is 491 g/mol. The topological polar surface area (TPSA) is 99.2 Å². The monoisotopic (exact) mass is 490 g/mol. The second-order valence-corrected chi connectivity index (χ2v) is 8.51. The van der Waals surface area contributed by atoms with Crippen molar-refractivity contribution >= 4 is 29.1 Å². The second-order valence-electron chi connectivity index (χ2n) is 8.10. The molecule has 0 atom stereocenters. The number of methoxy groups -OCH3 is 1. The summed E-state index contributed by atoms with van der Waals surface area (Å²) in [4.78, 5) is 25.0. The summed E-state index contributed by atoms with van der Waals surface area (Å²) in [6, 6.07) is 16.2. The van der Waals surface area contributed by atoms with Crippen LogP contribution < -0.4 is 15.8 Å². The molecular formula is C26H20ClFN4O3. The minimum Gasteiger partial charge on any atom is -0.497 e. The van der Waals surface area contributed by atoms with Crippen LogP contribution in [0.5, 0.6) is 5.75 Å². The van der Waals surface area contributed by atoms with Gasteiger partial charge in [-0.05, 0) is 73.0 Å². The summed E-state index contributed by atoms with van der Waals surface area (Å²) in [6.45, 7) is 0. The molecule has 0 saturated carbocycles. The number of primary amides is 1. The number of ether oxygens (including phenoxy) is 1. The molecule has 4 aromatic rings. The van der Waals surface area contributed by atoms with Crippen LogP contribution in [0.25, 0.3) is 16.9 Å². The number of carbonyl (C=O) groups excluding carboxylic acids is 2. The highest BCUT2D eigenvalue weighted by molar-refractivity contribution is 6.34. The summed E-state index contributed by atoms with van der Waals surface area (Å²) < 4.78 is 20.3. The van der Waals surface area contributed by atoms with Crippen molar-refractivity contribution in [2.24, 2.45) is 5.73 Å². The third kappa shape index (κ3) is 4.13. The number of amides is 2. The maximum absolute atomic E-state index is 13.5. The Morgan fingerprint density at radius 3 is 2.54 bits per heavy atom. The van der Waals surface area contributed by atoms with Crippen LogP contribution >= 0.6 is 11.6 Å². The Hall–Kier alpha value is -4.17. The van der Waals surface area contributed by atoms with Crippen molar-refractivity contribution in [3.05, 3.63) is 93.9 Å². The summed E-state index contributed by atoms with van der Waals surface area (Å²) in [6.07, 6.45) is 1.26. The molecule has 1 aromatic heterocycles. The number of benzene rings is 3. The van der Waals surface area contributed by atoms with Crippen molar-refractivity contribution in [2.45, 2.75) is 12.8 Å². The number of aromatic nitrogens is 2. The Labute approximate surface area is 205 Å². The van der Waals surface area contributed by atoms with Crippen LogP contribution in [0.1, 0.15) is 32.0 Å². The molecule has 176 valence electrons.